The van der Waals surface area contributed by atoms with Gasteiger partial charge in [-0.1, -0.05) is 11.6 Å². The predicted molar refractivity (Wildman–Crippen MR) is 70.2 cm³/mol. The first kappa shape index (κ1) is 13.8. The van der Waals surface area contributed by atoms with Gasteiger partial charge in [0, 0.05) is 12.7 Å². The Morgan fingerprint density at radius 2 is 2.24 bits per heavy atom. The molecule has 5 heteroatoms. The molecule has 1 heterocycles. The van der Waals surface area contributed by atoms with Gasteiger partial charge in [0.05, 0.1) is 5.56 Å². The van der Waals surface area contributed by atoms with E-state index in [1.54, 1.807) is 12.3 Å². The molecule has 0 bridgehead atoms. The first-order chi connectivity index (χ1) is 8.15. The fraction of sp³-hybridized carbons (Fsp3) is 0.500. The number of nitrogens with one attached hydrogen (secondary N) is 1. The van der Waals surface area contributed by atoms with Crippen molar-refractivity contribution in [2.45, 2.75) is 12.8 Å². The number of hydrogen-bond acceptors (Lipinski definition) is 4. The average Bonchev–Trinajstić information content (AvgIpc) is 2.30. The number of rotatable bonds is 6. The Hall–Kier alpha value is -1.31. The molecule has 17 heavy (non-hydrogen) atoms. The van der Waals surface area contributed by atoms with Gasteiger partial charge in [0.2, 0.25) is 0 Å². The van der Waals surface area contributed by atoms with Gasteiger partial charge < -0.3 is 10.2 Å². The standard InChI is InChI=1S/C12H17ClN4/c1-17(2)8-4-3-6-15-12-11(13)10(9-14)5-7-16-12/h5,7H,3-4,6,8H2,1-2H3,(H,15,16). The Morgan fingerprint density at radius 1 is 1.47 bits per heavy atom. The molecule has 4 nitrogen and oxygen atoms in total. The van der Waals surface area contributed by atoms with Crippen LogP contribution in [-0.2, 0) is 0 Å². The van der Waals surface area contributed by atoms with Crippen molar-refractivity contribution in [2.75, 3.05) is 32.5 Å². The maximum absolute atomic E-state index is 8.82. The maximum atomic E-state index is 8.82. The second kappa shape index (κ2) is 7.10. The topological polar surface area (TPSA) is 52.0 Å². The summed E-state index contributed by atoms with van der Waals surface area (Å²) in [6.07, 6.45) is 3.76. The minimum atomic E-state index is 0.405. The SMILES string of the molecule is CN(C)CCCCNc1nccc(C#N)c1Cl. The third-order valence-electron chi connectivity index (χ3n) is 2.33. The highest BCUT2D eigenvalue weighted by Crippen LogP contribution is 2.22. The summed E-state index contributed by atoms with van der Waals surface area (Å²) in [5, 5.41) is 12.4. The zero-order valence-corrected chi connectivity index (χ0v) is 11.0. The van der Waals surface area contributed by atoms with Crippen LogP contribution in [-0.4, -0.2) is 37.1 Å². The van der Waals surface area contributed by atoms with E-state index in [4.69, 9.17) is 16.9 Å². The molecule has 0 fully saturated rings. The molecule has 0 aliphatic rings. The van der Waals surface area contributed by atoms with Crippen molar-refractivity contribution < 1.29 is 0 Å². The van der Waals surface area contributed by atoms with Gasteiger partial charge >= 0.3 is 0 Å². The summed E-state index contributed by atoms with van der Waals surface area (Å²) in [5.74, 6) is 0.593. The van der Waals surface area contributed by atoms with Crippen molar-refractivity contribution in [1.82, 2.24) is 9.88 Å². The van der Waals surface area contributed by atoms with Crippen molar-refractivity contribution >= 4 is 17.4 Å². The number of pyridine rings is 1. The van der Waals surface area contributed by atoms with Crippen LogP contribution in [0.25, 0.3) is 0 Å². The summed E-state index contributed by atoms with van der Waals surface area (Å²) in [7, 11) is 4.12. The van der Waals surface area contributed by atoms with Crippen LogP contribution in [0.3, 0.4) is 0 Å². The van der Waals surface area contributed by atoms with E-state index in [1.807, 2.05) is 6.07 Å². The first-order valence-corrected chi connectivity index (χ1v) is 5.96. The quantitative estimate of drug-likeness (QED) is 0.790. The number of nitriles is 1. The third-order valence-corrected chi connectivity index (χ3v) is 2.72. The lowest BCUT2D eigenvalue weighted by Crippen LogP contribution is -2.14. The number of anilines is 1. The minimum Gasteiger partial charge on any atom is -0.369 e. The van der Waals surface area contributed by atoms with E-state index in [-0.39, 0.29) is 0 Å². The molecule has 1 aromatic rings. The molecule has 1 rings (SSSR count). The van der Waals surface area contributed by atoms with Gasteiger partial charge in [-0.3, -0.25) is 0 Å². The van der Waals surface area contributed by atoms with Gasteiger partial charge in [-0.05, 0) is 39.5 Å². The molecule has 0 aromatic carbocycles. The van der Waals surface area contributed by atoms with Crippen LogP contribution in [0.5, 0.6) is 0 Å². The zero-order valence-electron chi connectivity index (χ0n) is 10.2. The van der Waals surface area contributed by atoms with Crippen molar-refractivity contribution in [3.8, 4) is 6.07 Å². The number of aromatic nitrogens is 1. The van der Waals surface area contributed by atoms with Crippen LogP contribution >= 0.6 is 11.6 Å². The molecule has 92 valence electrons. The summed E-state index contributed by atoms with van der Waals surface area (Å²) in [4.78, 5) is 6.27. The second-order valence-electron chi connectivity index (χ2n) is 4.07. The number of nitrogens with zero attached hydrogens (tertiary/aromatic N) is 3. The Balaban J connectivity index is 2.40. The van der Waals surface area contributed by atoms with E-state index in [0.717, 1.165) is 25.9 Å². The highest BCUT2D eigenvalue weighted by Gasteiger charge is 2.05. The molecule has 1 N–H and O–H groups in total. The molecule has 0 aliphatic carbocycles. The summed E-state index contributed by atoms with van der Waals surface area (Å²) in [6, 6.07) is 3.64. The molecule has 0 saturated carbocycles. The first-order valence-electron chi connectivity index (χ1n) is 5.58. The van der Waals surface area contributed by atoms with Crippen molar-refractivity contribution in [3.63, 3.8) is 0 Å². The van der Waals surface area contributed by atoms with Crippen LogP contribution < -0.4 is 5.32 Å². The smallest absolute Gasteiger partial charge is 0.146 e. The van der Waals surface area contributed by atoms with E-state index in [1.165, 1.54) is 0 Å². The molecule has 0 unspecified atom stereocenters. The highest BCUT2D eigenvalue weighted by molar-refractivity contribution is 6.34. The van der Waals surface area contributed by atoms with E-state index in [9.17, 15) is 0 Å². The summed E-state index contributed by atoms with van der Waals surface area (Å²) in [5.41, 5.74) is 0.456. The molecule has 0 atom stereocenters. The van der Waals surface area contributed by atoms with E-state index >= 15 is 0 Å². The van der Waals surface area contributed by atoms with E-state index in [2.05, 4.69) is 29.3 Å². The lowest BCUT2D eigenvalue weighted by atomic mass is 10.2. The Morgan fingerprint density at radius 3 is 2.88 bits per heavy atom. The molecule has 0 spiro atoms. The normalized spacial score (nSPS) is 10.3. The Labute approximate surface area is 107 Å². The molecule has 0 aliphatic heterocycles. The molecular formula is C12H17ClN4. The van der Waals surface area contributed by atoms with Gasteiger partial charge in [0.1, 0.15) is 16.9 Å². The van der Waals surface area contributed by atoms with Crippen LogP contribution in [0, 0.1) is 11.3 Å². The fourth-order valence-corrected chi connectivity index (χ4v) is 1.63. The second-order valence-corrected chi connectivity index (χ2v) is 4.45. The molecule has 0 amide bonds. The summed E-state index contributed by atoms with van der Waals surface area (Å²) in [6.45, 7) is 1.89. The third kappa shape index (κ3) is 4.59. The van der Waals surface area contributed by atoms with E-state index < -0.39 is 0 Å². The van der Waals surface area contributed by atoms with Crippen molar-refractivity contribution in [2.24, 2.45) is 0 Å². The lowest BCUT2D eigenvalue weighted by Gasteiger charge is -2.10. The minimum absolute atomic E-state index is 0.405. The number of unbranched alkanes of at least 4 members (excludes halogenated alkanes) is 1. The Bertz CT molecular complexity index is 398. The fourth-order valence-electron chi connectivity index (χ4n) is 1.41. The van der Waals surface area contributed by atoms with Gasteiger partial charge in [-0.2, -0.15) is 5.26 Å². The zero-order chi connectivity index (χ0) is 12.7. The number of hydrogen-bond donors (Lipinski definition) is 1. The van der Waals surface area contributed by atoms with Gasteiger partial charge in [-0.25, -0.2) is 4.98 Å². The summed E-state index contributed by atoms with van der Waals surface area (Å²) < 4.78 is 0. The van der Waals surface area contributed by atoms with Crippen molar-refractivity contribution in [3.05, 3.63) is 22.8 Å². The Kier molecular flexibility index (Phi) is 5.75. The van der Waals surface area contributed by atoms with Gasteiger partial charge in [0.15, 0.2) is 0 Å². The van der Waals surface area contributed by atoms with Crippen LogP contribution in [0.2, 0.25) is 5.02 Å². The molecular weight excluding hydrogens is 236 g/mol. The molecule has 0 saturated heterocycles. The van der Waals surface area contributed by atoms with Crippen molar-refractivity contribution in [1.29, 1.82) is 5.26 Å². The monoisotopic (exact) mass is 252 g/mol. The molecule has 1 aromatic heterocycles. The molecule has 0 radical (unpaired) electrons. The van der Waals surface area contributed by atoms with Crippen LogP contribution in [0.1, 0.15) is 18.4 Å². The number of halogens is 1. The average molecular weight is 253 g/mol. The largest absolute Gasteiger partial charge is 0.369 e. The predicted octanol–water partition coefficient (Wildman–Crippen LogP) is 2.36. The summed E-state index contributed by atoms with van der Waals surface area (Å²) >= 11 is 6.02. The van der Waals surface area contributed by atoms with Gasteiger partial charge in [-0.15, -0.1) is 0 Å². The van der Waals surface area contributed by atoms with Gasteiger partial charge in [0.25, 0.3) is 0 Å². The van der Waals surface area contributed by atoms with Crippen LogP contribution in [0.4, 0.5) is 5.82 Å². The lowest BCUT2D eigenvalue weighted by molar-refractivity contribution is 0.396. The van der Waals surface area contributed by atoms with E-state index in [0.29, 0.717) is 16.4 Å². The highest BCUT2D eigenvalue weighted by atomic mass is 35.5. The van der Waals surface area contributed by atoms with Crippen LogP contribution in [0.15, 0.2) is 12.3 Å². The maximum Gasteiger partial charge on any atom is 0.146 e.